The van der Waals surface area contributed by atoms with Crippen molar-refractivity contribution in [1.29, 1.82) is 0 Å². The highest BCUT2D eigenvalue weighted by Crippen LogP contribution is 2.28. The minimum absolute atomic E-state index is 0.244. The highest BCUT2D eigenvalue weighted by Gasteiger charge is 2.07. The number of nitrogens with zero attached hydrogens (tertiary/aromatic N) is 1. The summed E-state index contributed by atoms with van der Waals surface area (Å²) in [4.78, 5) is 4.21. The molecular formula is C10H7BrFNOS. The zero-order valence-corrected chi connectivity index (χ0v) is 10.2. The number of rotatable bonds is 2. The molecule has 0 aliphatic carbocycles. The van der Waals surface area contributed by atoms with Crippen molar-refractivity contribution in [2.75, 3.05) is 7.11 Å². The Labute approximate surface area is 98.9 Å². The van der Waals surface area contributed by atoms with E-state index in [1.807, 2.05) is 5.38 Å². The Morgan fingerprint density at radius 2 is 2.27 bits per heavy atom. The van der Waals surface area contributed by atoms with Gasteiger partial charge in [0.1, 0.15) is 0 Å². The van der Waals surface area contributed by atoms with E-state index in [-0.39, 0.29) is 11.6 Å². The molecule has 0 bridgehead atoms. The van der Waals surface area contributed by atoms with Crippen LogP contribution in [0.2, 0.25) is 0 Å². The van der Waals surface area contributed by atoms with Crippen LogP contribution in [0.1, 0.15) is 0 Å². The highest BCUT2D eigenvalue weighted by molar-refractivity contribution is 9.11. The van der Waals surface area contributed by atoms with E-state index in [4.69, 9.17) is 4.74 Å². The highest BCUT2D eigenvalue weighted by atomic mass is 79.9. The van der Waals surface area contributed by atoms with Crippen LogP contribution < -0.4 is 4.74 Å². The average Bonchev–Trinajstić information content (AvgIpc) is 2.65. The van der Waals surface area contributed by atoms with Crippen molar-refractivity contribution in [3.05, 3.63) is 33.3 Å². The molecule has 5 heteroatoms. The number of hydrogen-bond donors (Lipinski definition) is 0. The normalized spacial score (nSPS) is 10.3. The smallest absolute Gasteiger partial charge is 0.165 e. The average molecular weight is 288 g/mol. The molecule has 0 unspecified atom stereocenters. The van der Waals surface area contributed by atoms with Gasteiger partial charge in [0.15, 0.2) is 15.5 Å². The third-order valence-corrected chi connectivity index (χ3v) is 3.29. The minimum atomic E-state index is -0.376. The summed E-state index contributed by atoms with van der Waals surface area (Å²) >= 11 is 4.73. The van der Waals surface area contributed by atoms with E-state index in [1.165, 1.54) is 24.5 Å². The van der Waals surface area contributed by atoms with Crippen LogP contribution in [-0.4, -0.2) is 12.1 Å². The lowest BCUT2D eigenvalue weighted by molar-refractivity contribution is 0.386. The van der Waals surface area contributed by atoms with E-state index >= 15 is 0 Å². The molecule has 15 heavy (non-hydrogen) atoms. The van der Waals surface area contributed by atoms with Crippen LogP contribution in [0.15, 0.2) is 27.5 Å². The first-order chi connectivity index (χ1) is 7.20. The Kier molecular flexibility index (Phi) is 3.02. The van der Waals surface area contributed by atoms with E-state index in [0.29, 0.717) is 0 Å². The van der Waals surface area contributed by atoms with Gasteiger partial charge in [-0.25, -0.2) is 9.37 Å². The number of methoxy groups -OCH3 is 1. The zero-order valence-electron chi connectivity index (χ0n) is 7.83. The number of hydrogen-bond acceptors (Lipinski definition) is 3. The quantitative estimate of drug-likeness (QED) is 0.840. The molecule has 0 aliphatic heterocycles. The van der Waals surface area contributed by atoms with Crippen molar-refractivity contribution in [2.45, 2.75) is 0 Å². The van der Waals surface area contributed by atoms with Crippen molar-refractivity contribution >= 4 is 27.3 Å². The molecule has 2 nitrogen and oxygen atoms in total. The van der Waals surface area contributed by atoms with Crippen LogP contribution in [0.25, 0.3) is 11.3 Å². The first kappa shape index (κ1) is 10.6. The number of benzene rings is 1. The second-order valence-corrected chi connectivity index (χ2v) is 4.97. The predicted molar refractivity (Wildman–Crippen MR) is 61.8 cm³/mol. The lowest BCUT2D eigenvalue weighted by atomic mass is 10.1. The molecule has 0 aliphatic rings. The molecule has 0 saturated carbocycles. The van der Waals surface area contributed by atoms with Crippen molar-refractivity contribution < 1.29 is 9.13 Å². The molecule has 2 aromatic rings. The molecule has 0 radical (unpaired) electrons. The molecule has 1 aromatic heterocycles. The maximum Gasteiger partial charge on any atom is 0.165 e. The Morgan fingerprint density at radius 3 is 2.80 bits per heavy atom. The van der Waals surface area contributed by atoms with Crippen LogP contribution in [0.4, 0.5) is 4.39 Å². The number of ether oxygens (including phenoxy) is 1. The van der Waals surface area contributed by atoms with E-state index in [1.54, 1.807) is 12.1 Å². The summed E-state index contributed by atoms with van der Waals surface area (Å²) in [5.41, 5.74) is 1.50. The molecule has 1 heterocycles. The fraction of sp³-hybridized carbons (Fsp3) is 0.100. The Hall–Kier alpha value is -0.940. The standard InChI is InChI=1S/C10H7BrFNOS/c1-14-9-3-2-6(4-7(9)12)8-5-15-10(11)13-8/h2-5H,1H3. The molecule has 78 valence electrons. The van der Waals surface area contributed by atoms with E-state index in [9.17, 15) is 4.39 Å². The molecule has 1 aromatic carbocycles. The van der Waals surface area contributed by atoms with Gasteiger partial charge in [0.2, 0.25) is 0 Å². The molecule has 0 spiro atoms. The first-order valence-electron chi connectivity index (χ1n) is 4.15. The minimum Gasteiger partial charge on any atom is -0.494 e. The van der Waals surface area contributed by atoms with Crippen LogP contribution in [0.5, 0.6) is 5.75 Å². The van der Waals surface area contributed by atoms with Gasteiger partial charge in [-0.1, -0.05) is 0 Å². The lowest BCUT2D eigenvalue weighted by Crippen LogP contribution is -1.88. The summed E-state index contributed by atoms with van der Waals surface area (Å²) in [6.45, 7) is 0. The molecule has 0 saturated heterocycles. The predicted octanol–water partition coefficient (Wildman–Crippen LogP) is 3.72. The van der Waals surface area contributed by atoms with Gasteiger partial charge in [0.05, 0.1) is 12.8 Å². The van der Waals surface area contributed by atoms with Gasteiger partial charge in [-0.3, -0.25) is 0 Å². The summed E-state index contributed by atoms with van der Waals surface area (Å²) in [5, 5.41) is 1.87. The fourth-order valence-corrected chi connectivity index (χ4v) is 2.23. The number of aromatic nitrogens is 1. The van der Waals surface area contributed by atoms with Crippen molar-refractivity contribution in [3.63, 3.8) is 0 Å². The fourth-order valence-electron chi connectivity index (χ4n) is 1.21. The summed E-state index contributed by atoms with van der Waals surface area (Å²) in [6.07, 6.45) is 0. The van der Waals surface area contributed by atoms with E-state index < -0.39 is 0 Å². The van der Waals surface area contributed by atoms with Crippen LogP contribution in [-0.2, 0) is 0 Å². The monoisotopic (exact) mass is 287 g/mol. The SMILES string of the molecule is COc1ccc(-c2csc(Br)n2)cc1F. The second-order valence-electron chi connectivity index (χ2n) is 2.84. The Balaban J connectivity index is 2.42. The largest absolute Gasteiger partial charge is 0.494 e. The van der Waals surface area contributed by atoms with Crippen LogP contribution in [0, 0.1) is 5.82 Å². The first-order valence-corrected chi connectivity index (χ1v) is 5.83. The van der Waals surface area contributed by atoms with Gasteiger partial charge in [-0.2, -0.15) is 0 Å². The van der Waals surface area contributed by atoms with Crippen LogP contribution in [0.3, 0.4) is 0 Å². The van der Waals surface area contributed by atoms with Gasteiger partial charge in [0.25, 0.3) is 0 Å². The van der Waals surface area contributed by atoms with Crippen molar-refractivity contribution in [3.8, 4) is 17.0 Å². The topological polar surface area (TPSA) is 22.1 Å². The Morgan fingerprint density at radius 1 is 1.47 bits per heavy atom. The summed E-state index contributed by atoms with van der Waals surface area (Å²) in [7, 11) is 1.44. The molecule has 0 amide bonds. The second kappa shape index (κ2) is 4.28. The molecule has 0 fully saturated rings. The maximum atomic E-state index is 13.4. The molecular weight excluding hydrogens is 281 g/mol. The Bertz CT molecular complexity index is 486. The third kappa shape index (κ3) is 2.18. The van der Waals surface area contributed by atoms with Crippen LogP contribution >= 0.6 is 27.3 Å². The number of thiazole rings is 1. The molecule has 2 rings (SSSR count). The third-order valence-electron chi connectivity index (χ3n) is 1.92. The number of halogens is 2. The summed E-state index contributed by atoms with van der Waals surface area (Å²) < 4.78 is 19.0. The van der Waals surface area contributed by atoms with E-state index in [0.717, 1.165) is 15.2 Å². The van der Waals surface area contributed by atoms with Gasteiger partial charge in [-0.05, 0) is 34.1 Å². The summed E-state index contributed by atoms with van der Waals surface area (Å²) in [6, 6.07) is 4.79. The lowest BCUT2D eigenvalue weighted by Gasteiger charge is -2.02. The van der Waals surface area contributed by atoms with Gasteiger partial charge < -0.3 is 4.74 Å². The van der Waals surface area contributed by atoms with Crippen molar-refractivity contribution in [1.82, 2.24) is 4.98 Å². The summed E-state index contributed by atoms with van der Waals surface area (Å²) in [5.74, 6) is -0.132. The molecule has 0 N–H and O–H groups in total. The van der Waals surface area contributed by atoms with Gasteiger partial charge >= 0.3 is 0 Å². The molecule has 0 atom stereocenters. The van der Waals surface area contributed by atoms with Gasteiger partial charge in [0, 0.05) is 10.9 Å². The zero-order chi connectivity index (χ0) is 10.8. The van der Waals surface area contributed by atoms with E-state index in [2.05, 4.69) is 20.9 Å². The van der Waals surface area contributed by atoms with Crippen molar-refractivity contribution in [2.24, 2.45) is 0 Å². The van der Waals surface area contributed by atoms with Gasteiger partial charge in [-0.15, -0.1) is 11.3 Å². The maximum absolute atomic E-state index is 13.4.